The van der Waals surface area contributed by atoms with Crippen LogP contribution in [0.4, 0.5) is 0 Å². The third-order valence-corrected chi connectivity index (χ3v) is 4.51. The maximum absolute atomic E-state index is 12.1. The van der Waals surface area contributed by atoms with E-state index in [9.17, 15) is 4.79 Å². The standard InChI is InChI=1S/C15H17ClO3/c1-18-15(17)14-12(8-11-6-7-13(14)19-11)9-2-4-10(16)5-3-9/h2-5,11-14H,6-8H2,1H3/t11?,12-,13+,14+/m1/s1. The Kier molecular flexibility index (Phi) is 3.50. The molecule has 2 heterocycles. The largest absolute Gasteiger partial charge is 0.469 e. The highest BCUT2D eigenvalue weighted by Crippen LogP contribution is 2.45. The number of methoxy groups -OCH3 is 1. The Morgan fingerprint density at radius 2 is 2.05 bits per heavy atom. The second-order valence-electron chi connectivity index (χ2n) is 5.32. The second-order valence-corrected chi connectivity index (χ2v) is 5.75. The molecule has 0 saturated carbocycles. The molecule has 2 bridgehead atoms. The number of carbonyl (C=O) groups is 1. The smallest absolute Gasteiger partial charge is 0.311 e. The Morgan fingerprint density at radius 1 is 1.32 bits per heavy atom. The summed E-state index contributed by atoms with van der Waals surface area (Å²) in [5.74, 6) is -0.175. The van der Waals surface area contributed by atoms with E-state index in [1.54, 1.807) is 0 Å². The molecule has 0 amide bonds. The second kappa shape index (κ2) is 5.14. The molecular formula is C15H17ClO3. The predicted octanol–water partition coefficient (Wildman–Crippen LogP) is 3.16. The van der Waals surface area contributed by atoms with Crippen LogP contribution in [0.3, 0.4) is 0 Å². The van der Waals surface area contributed by atoms with E-state index in [2.05, 4.69) is 0 Å². The summed E-state index contributed by atoms with van der Waals surface area (Å²) in [6.45, 7) is 0. The van der Waals surface area contributed by atoms with Gasteiger partial charge < -0.3 is 9.47 Å². The van der Waals surface area contributed by atoms with Crippen LogP contribution in [0.5, 0.6) is 0 Å². The van der Waals surface area contributed by atoms with Crippen molar-refractivity contribution in [3.63, 3.8) is 0 Å². The molecule has 0 spiro atoms. The number of esters is 1. The van der Waals surface area contributed by atoms with Gasteiger partial charge in [0.15, 0.2) is 0 Å². The molecule has 4 atom stereocenters. The molecule has 2 fully saturated rings. The first-order chi connectivity index (χ1) is 9.19. The molecule has 2 aliphatic heterocycles. The molecule has 2 saturated heterocycles. The third kappa shape index (κ3) is 2.37. The summed E-state index contributed by atoms with van der Waals surface area (Å²) in [5.41, 5.74) is 1.15. The van der Waals surface area contributed by atoms with Crippen LogP contribution < -0.4 is 0 Å². The van der Waals surface area contributed by atoms with Crippen LogP contribution in [-0.4, -0.2) is 25.3 Å². The van der Waals surface area contributed by atoms with E-state index in [0.717, 1.165) is 24.8 Å². The number of rotatable bonds is 2. The summed E-state index contributed by atoms with van der Waals surface area (Å²) in [5, 5.41) is 0.716. The zero-order chi connectivity index (χ0) is 13.4. The van der Waals surface area contributed by atoms with Crippen molar-refractivity contribution >= 4 is 17.6 Å². The van der Waals surface area contributed by atoms with Gasteiger partial charge in [0, 0.05) is 10.9 Å². The maximum Gasteiger partial charge on any atom is 0.311 e. The van der Waals surface area contributed by atoms with Gasteiger partial charge in [-0.1, -0.05) is 23.7 Å². The summed E-state index contributed by atoms with van der Waals surface area (Å²) in [6.07, 6.45) is 3.17. The monoisotopic (exact) mass is 280 g/mol. The van der Waals surface area contributed by atoms with Gasteiger partial charge in [-0.3, -0.25) is 4.79 Å². The number of hydrogen-bond acceptors (Lipinski definition) is 3. The molecule has 0 radical (unpaired) electrons. The first kappa shape index (κ1) is 12.9. The third-order valence-electron chi connectivity index (χ3n) is 4.26. The van der Waals surface area contributed by atoms with E-state index < -0.39 is 0 Å². The number of ether oxygens (including phenoxy) is 2. The minimum atomic E-state index is -0.190. The molecule has 3 nitrogen and oxygen atoms in total. The molecule has 3 rings (SSSR count). The first-order valence-electron chi connectivity index (χ1n) is 6.68. The van der Waals surface area contributed by atoms with Crippen LogP contribution in [0, 0.1) is 5.92 Å². The van der Waals surface area contributed by atoms with Gasteiger partial charge in [-0.25, -0.2) is 0 Å². The van der Waals surface area contributed by atoms with E-state index >= 15 is 0 Å². The first-order valence-corrected chi connectivity index (χ1v) is 7.05. The molecular weight excluding hydrogens is 264 g/mol. The molecule has 0 aromatic heterocycles. The summed E-state index contributed by atoms with van der Waals surface area (Å²) < 4.78 is 10.9. The average Bonchev–Trinajstić information content (AvgIpc) is 2.80. The van der Waals surface area contributed by atoms with Crippen molar-refractivity contribution in [1.29, 1.82) is 0 Å². The van der Waals surface area contributed by atoms with Crippen molar-refractivity contribution in [1.82, 2.24) is 0 Å². The lowest BCUT2D eigenvalue weighted by Crippen LogP contribution is -2.39. The zero-order valence-corrected chi connectivity index (χ0v) is 11.6. The topological polar surface area (TPSA) is 35.5 Å². The maximum atomic E-state index is 12.1. The lowest BCUT2D eigenvalue weighted by Gasteiger charge is -2.35. The molecule has 1 aromatic carbocycles. The van der Waals surface area contributed by atoms with Gasteiger partial charge in [-0.2, -0.15) is 0 Å². The number of hydrogen-bond donors (Lipinski definition) is 0. The lowest BCUT2D eigenvalue weighted by molar-refractivity contribution is -0.156. The average molecular weight is 281 g/mol. The van der Waals surface area contributed by atoms with Crippen molar-refractivity contribution in [2.24, 2.45) is 5.92 Å². The number of fused-ring (bicyclic) bond motifs is 2. The Hall–Kier alpha value is -1.06. The highest BCUT2D eigenvalue weighted by Gasteiger charge is 2.47. The summed E-state index contributed by atoms with van der Waals surface area (Å²) in [7, 11) is 1.45. The van der Waals surface area contributed by atoms with Crippen LogP contribution >= 0.6 is 11.6 Å². The number of halogens is 1. The van der Waals surface area contributed by atoms with Crippen molar-refractivity contribution in [3.8, 4) is 0 Å². The Bertz CT molecular complexity index is 471. The summed E-state index contributed by atoms with van der Waals surface area (Å²) >= 11 is 5.93. The van der Waals surface area contributed by atoms with Crippen LogP contribution in [0.15, 0.2) is 24.3 Å². The normalized spacial score (nSPS) is 33.2. The molecule has 0 N–H and O–H groups in total. The highest BCUT2D eigenvalue weighted by molar-refractivity contribution is 6.30. The number of carbonyl (C=O) groups excluding carboxylic acids is 1. The Morgan fingerprint density at radius 3 is 2.74 bits per heavy atom. The fraction of sp³-hybridized carbons (Fsp3) is 0.533. The van der Waals surface area contributed by atoms with Gasteiger partial charge in [-0.15, -0.1) is 0 Å². The van der Waals surface area contributed by atoms with E-state index in [-0.39, 0.29) is 30.0 Å². The molecule has 0 aliphatic carbocycles. The van der Waals surface area contributed by atoms with Crippen LogP contribution in [0.25, 0.3) is 0 Å². The van der Waals surface area contributed by atoms with Crippen LogP contribution in [0.2, 0.25) is 5.02 Å². The quantitative estimate of drug-likeness (QED) is 0.781. The van der Waals surface area contributed by atoms with E-state index in [1.165, 1.54) is 7.11 Å². The fourth-order valence-electron chi connectivity index (χ4n) is 3.37. The predicted molar refractivity (Wildman–Crippen MR) is 72.2 cm³/mol. The Balaban J connectivity index is 1.92. The Labute approximate surface area is 117 Å². The van der Waals surface area contributed by atoms with Crippen LogP contribution in [0.1, 0.15) is 30.7 Å². The molecule has 1 aromatic rings. The highest BCUT2D eigenvalue weighted by atomic mass is 35.5. The lowest BCUT2D eigenvalue weighted by atomic mass is 9.79. The molecule has 1 unspecified atom stereocenters. The summed E-state index contributed by atoms with van der Waals surface area (Å²) in [4.78, 5) is 12.1. The van der Waals surface area contributed by atoms with Gasteiger partial charge in [0.2, 0.25) is 0 Å². The zero-order valence-electron chi connectivity index (χ0n) is 10.8. The SMILES string of the molecule is COC(=O)[C@@H]1[C@@H]2CCC(C[C@@H]1c1ccc(Cl)cc1)O2. The summed E-state index contributed by atoms with van der Waals surface area (Å²) in [6, 6.07) is 7.77. The van der Waals surface area contributed by atoms with E-state index in [0.29, 0.717) is 5.02 Å². The fourth-order valence-corrected chi connectivity index (χ4v) is 3.49. The van der Waals surface area contributed by atoms with Gasteiger partial charge in [0.25, 0.3) is 0 Å². The molecule has 2 aliphatic rings. The minimum Gasteiger partial charge on any atom is -0.469 e. The van der Waals surface area contributed by atoms with E-state index in [1.807, 2.05) is 24.3 Å². The van der Waals surface area contributed by atoms with Crippen molar-refractivity contribution in [3.05, 3.63) is 34.9 Å². The van der Waals surface area contributed by atoms with Gasteiger partial charge >= 0.3 is 5.97 Å². The van der Waals surface area contributed by atoms with Crippen molar-refractivity contribution in [2.75, 3.05) is 7.11 Å². The van der Waals surface area contributed by atoms with Gasteiger partial charge in [0.1, 0.15) is 0 Å². The molecule has 19 heavy (non-hydrogen) atoms. The van der Waals surface area contributed by atoms with Crippen LogP contribution in [-0.2, 0) is 14.3 Å². The van der Waals surface area contributed by atoms with Crippen molar-refractivity contribution in [2.45, 2.75) is 37.4 Å². The molecule has 102 valence electrons. The molecule has 4 heteroatoms. The number of benzene rings is 1. The van der Waals surface area contributed by atoms with Crippen molar-refractivity contribution < 1.29 is 14.3 Å². The minimum absolute atomic E-state index is 0.00637. The van der Waals surface area contributed by atoms with E-state index in [4.69, 9.17) is 21.1 Å². The van der Waals surface area contributed by atoms with Gasteiger partial charge in [0.05, 0.1) is 25.2 Å². The van der Waals surface area contributed by atoms with Gasteiger partial charge in [-0.05, 0) is 37.0 Å².